The Morgan fingerprint density at radius 3 is 2.45 bits per heavy atom. The number of fused-ring (bicyclic) bond motifs is 1. The Bertz CT molecular complexity index is 2720. The number of hydrogen-bond donors (Lipinski definition) is 4. The third kappa shape index (κ3) is 11.1. The van der Waals surface area contributed by atoms with Gasteiger partial charge in [0.05, 0.1) is 29.2 Å². The van der Waals surface area contributed by atoms with Crippen LogP contribution >= 0.6 is 11.3 Å². The lowest BCUT2D eigenvalue weighted by Crippen LogP contribution is -2.57. The summed E-state index contributed by atoms with van der Waals surface area (Å²) in [7, 11) is -0.173. The lowest BCUT2D eigenvalue weighted by molar-refractivity contribution is -0.139. The van der Waals surface area contributed by atoms with E-state index in [-0.39, 0.29) is 62.3 Å². The Labute approximate surface area is 394 Å². The summed E-state index contributed by atoms with van der Waals surface area (Å²) in [6.07, 6.45) is 6.53. The summed E-state index contributed by atoms with van der Waals surface area (Å²) in [5, 5.41) is 12.0. The molecule has 18 nitrogen and oxygen atoms in total. The number of pyridine rings is 1. The van der Waals surface area contributed by atoms with Crippen molar-refractivity contribution < 1.29 is 37.1 Å². The first-order chi connectivity index (χ1) is 32.1. The summed E-state index contributed by atoms with van der Waals surface area (Å²) in [6, 6.07) is 14.5. The largest absolute Gasteiger partial charge is 0.496 e. The van der Waals surface area contributed by atoms with Crippen LogP contribution in [-0.2, 0) is 38.0 Å². The van der Waals surface area contributed by atoms with E-state index in [1.54, 1.807) is 42.4 Å². The normalized spacial score (nSPS) is 19.1. The number of rotatable bonds is 17. The van der Waals surface area contributed by atoms with Gasteiger partial charge in [-0.15, -0.1) is 11.3 Å². The van der Waals surface area contributed by atoms with Gasteiger partial charge in [0.2, 0.25) is 27.7 Å². The van der Waals surface area contributed by atoms with Gasteiger partial charge in [-0.3, -0.25) is 34.1 Å². The fourth-order valence-electron chi connectivity index (χ4n) is 9.70. The van der Waals surface area contributed by atoms with Crippen molar-refractivity contribution in [1.82, 2.24) is 39.5 Å². The number of anilines is 1. The monoisotopic (exact) mass is 957 g/mol. The van der Waals surface area contributed by atoms with E-state index in [2.05, 4.69) is 31.1 Å². The number of carbonyl (C=O) groups is 5. The van der Waals surface area contributed by atoms with Crippen LogP contribution in [0.25, 0.3) is 21.2 Å². The van der Waals surface area contributed by atoms with Gasteiger partial charge in [0.15, 0.2) is 0 Å². The number of imide groups is 1. The number of likely N-dealkylation sites (tertiary alicyclic amines) is 2. The second-order valence-corrected chi connectivity index (χ2v) is 21.3. The van der Waals surface area contributed by atoms with Crippen molar-refractivity contribution >= 4 is 66.7 Å². The minimum atomic E-state index is -3.35. The number of amides is 5. The number of hydrogen-bond acceptors (Lipinski definition) is 13. The molecule has 4 aliphatic rings. The van der Waals surface area contributed by atoms with E-state index in [0.717, 1.165) is 88.0 Å². The topological polar surface area (TPSA) is 212 Å². The average molecular weight is 958 g/mol. The van der Waals surface area contributed by atoms with Gasteiger partial charge in [-0.05, 0) is 86.8 Å². The van der Waals surface area contributed by atoms with Gasteiger partial charge in [-0.25, -0.2) is 8.42 Å². The van der Waals surface area contributed by atoms with Gasteiger partial charge in [0, 0.05) is 106 Å². The smallest absolute Gasteiger partial charge is 0.264 e. The van der Waals surface area contributed by atoms with Crippen LogP contribution in [0.1, 0.15) is 57.7 Å². The Kier molecular flexibility index (Phi) is 14.6. The number of benzene rings is 2. The van der Waals surface area contributed by atoms with Crippen molar-refractivity contribution in [2.45, 2.75) is 38.6 Å². The van der Waals surface area contributed by atoms with Crippen molar-refractivity contribution in [1.29, 1.82) is 0 Å². The van der Waals surface area contributed by atoms with Gasteiger partial charge in [-0.1, -0.05) is 18.2 Å². The molecule has 358 valence electrons. The number of piperazine rings is 1. The molecule has 1 unspecified atom stereocenters. The van der Waals surface area contributed by atoms with Crippen LogP contribution in [0.4, 0.5) is 5.69 Å². The van der Waals surface area contributed by atoms with Crippen LogP contribution in [0.3, 0.4) is 0 Å². The quantitative estimate of drug-likeness (QED) is 0.0683. The summed E-state index contributed by atoms with van der Waals surface area (Å²) >= 11 is 1.22. The van der Waals surface area contributed by atoms with Crippen LogP contribution in [0.2, 0.25) is 0 Å². The van der Waals surface area contributed by atoms with Crippen LogP contribution in [0.5, 0.6) is 5.75 Å². The fourth-order valence-corrected chi connectivity index (χ4v) is 11.7. The molecule has 0 aliphatic carbocycles. The van der Waals surface area contributed by atoms with Gasteiger partial charge >= 0.3 is 0 Å². The second-order valence-electron chi connectivity index (χ2n) is 18.3. The van der Waals surface area contributed by atoms with Crippen molar-refractivity contribution in [3.8, 4) is 16.9 Å². The number of aryl methyl sites for hydroxylation is 1. The van der Waals surface area contributed by atoms with Crippen molar-refractivity contribution in [3.05, 3.63) is 81.1 Å². The first kappa shape index (κ1) is 48.0. The molecule has 4 aliphatic heterocycles. The number of sulfonamides is 1. The molecular formula is C47H59N9O9S2. The maximum Gasteiger partial charge on any atom is 0.264 e. The number of unbranched alkanes of at least 4 members (excludes halogenated alkanes) is 1. The van der Waals surface area contributed by atoms with Crippen LogP contribution in [-0.4, -0.2) is 153 Å². The number of ether oxygens (including phenoxy) is 1. The minimum absolute atomic E-state index is 0.158. The van der Waals surface area contributed by atoms with E-state index < -0.39 is 27.8 Å². The Hall–Kier alpha value is -5.51. The van der Waals surface area contributed by atoms with Gasteiger partial charge in [0.1, 0.15) is 11.7 Å². The van der Waals surface area contributed by atoms with Crippen molar-refractivity contribution in [3.63, 3.8) is 0 Å². The standard InChI is InChI=1S/C47H59N9O9S2/c1-52-27-37(41-36(45(52)61)25-39(66-41)46(62)55-19-21-56(22-20-55)67(3,63)64)32-9-10-34(38(24-32)65-2)42(58)49-15-18-53-17-13-47(28-53)29-54(30-47)16-5-4-14-48-26-31-7-6-8-33(23-31)50-43(59)35-11-12-40(57)51-44(35)60/h6-10,23-25,27,35,48H,4-5,11-22,26,28-30H2,1-3H3,(H,49,58)(H,50,59)(H,51,57,60). The van der Waals surface area contributed by atoms with Crippen molar-refractivity contribution in [2.75, 3.05) is 97.2 Å². The molecule has 1 spiro atoms. The zero-order valence-corrected chi connectivity index (χ0v) is 39.9. The minimum Gasteiger partial charge on any atom is -0.496 e. The molecule has 8 rings (SSSR count). The molecule has 67 heavy (non-hydrogen) atoms. The molecular weight excluding hydrogens is 899 g/mol. The zero-order chi connectivity index (χ0) is 47.5. The van der Waals surface area contributed by atoms with E-state index in [4.69, 9.17) is 4.74 Å². The Morgan fingerprint density at radius 2 is 1.70 bits per heavy atom. The lowest BCUT2D eigenvalue weighted by atomic mass is 9.79. The molecule has 4 aromatic rings. The van der Waals surface area contributed by atoms with Gasteiger partial charge in [0.25, 0.3) is 17.4 Å². The fraction of sp³-hybridized carbons (Fsp3) is 0.489. The highest BCUT2D eigenvalue weighted by molar-refractivity contribution is 7.88. The maximum atomic E-state index is 13.5. The number of nitrogens with zero attached hydrogens (tertiary/aromatic N) is 5. The number of thiophene rings is 1. The summed E-state index contributed by atoms with van der Waals surface area (Å²) in [5.41, 5.74) is 3.56. The highest BCUT2D eigenvalue weighted by Gasteiger charge is 2.46. The lowest BCUT2D eigenvalue weighted by Gasteiger charge is -2.48. The SMILES string of the molecule is COc1cc(-c2cn(C)c(=O)c3cc(C(=O)N4CCN(S(C)(=O)=O)CC4)sc23)ccc1C(=O)NCCN1CCC2(C1)CN(CCCCNCc1cccc(NC(=O)C3CCC(=O)NC3=O)c1)C2. The predicted octanol–water partition coefficient (Wildman–Crippen LogP) is 2.29. The molecule has 4 N–H and O–H groups in total. The van der Waals surface area contributed by atoms with E-state index in [0.29, 0.717) is 50.5 Å². The Morgan fingerprint density at radius 1 is 0.925 bits per heavy atom. The first-order valence-electron chi connectivity index (χ1n) is 22.8. The molecule has 1 atom stereocenters. The molecule has 6 heterocycles. The van der Waals surface area contributed by atoms with E-state index >= 15 is 0 Å². The van der Waals surface area contributed by atoms with E-state index in [1.807, 2.05) is 24.3 Å². The van der Waals surface area contributed by atoms with Crippen LogP contribution in [0, 0.1) is 11.3 Å². The van der Waals surface area contributed by atoms with Crippen LogP contribution < -0.4 is 31.6 Å². The van der Waals surface area contributed by atoms with E-state index in [9.17, 15) is 37.2 Å². The number of aromatic nitrogens is 1. The van der Waals surface area contributed by atoms with Crippen molar-refractivity contribution in [2.24, 2.45) is 18.4 Å². The van der Waals surface area contributed by atoms with E-state index in [1.165, 1.54) is 27.3 Å². The summed E-state index contributed by atoms with van der Waals surface area (Å²) < 4.78 is 33.1. The third-order valence-electron chi connectivity index (χ3n) is 13.3. The molecule has 2 aromatic heterocycles. The zero-order valence-electron chi connectivity index (χ0n) is 38.2. The number of methoxy groups -OCH3 is 1. The molecule has 0 bridgehead atoms. The molecule has 20 heteroatoms. The van der Waals surface area contributed by atoms with Gasteiger partial charge < -0.3 is 40.0 Å². The molecule has 4 saturated heterocycles. The third-order valence-corrected chi connectivity index (χ3v) is 15.8. The maximum absolute atomic E-state index is 13.5. The highest BCUT2D eigenvalue weighted by atomic mass is 32.2. The van der Waals surface area contributed by atoms with Crippen LogP contribution in [0.15, 0.2) is 59.5 Å². The molecule has 5 amide bonds. The number of piperidine rings is 1. The molecule has 4 fully saturated rings. The summed E-state index contributed by atoms with van der Waals surface area (Å²) in [6.45, 7) is 8.95. The number of carbonyl (C=O) groups excluding carboxylic acids is 5. The average Bonchev–Trinajstić information content (AvgIpc) is 3.94. The Balaban J connectivity index is 0.753. The molecule has 2 aromatic carbocycles. The predicted molar refractivity (Wildman–Crippen MR) is 256 cm³/mol. The highest BCUT2D eigenvalue weighted by Crippen LogP contribution is 2.40. The number of nitrogens with one attached hydrogen (secondary N) is 4. The second kappa shape index (κ2) is 20.4. The van der Waals surface area contributed by atoms with Gasteiger partial charge in [-0.2, -0.15) is 4.31 Å². The first-order valence-corrected chi connectivity index (χ1v) is 25.5. The molecule has 0 radical (unpaired) electrons. The molecule has 0 saturated carbocycles. The summed E-state index contributed by atoms with van der Waals surface area (Å²) in [5.74, 6) is -2.27. The summed E-state index contributed by atoms with van der Waals surface area (Å²) in [4.78, 5) is 83.3.